The average molecular weight is 321 g/mol. The number of hydrogen-bond acceptors (Lipinski definition) is 4. The molecule has 0 bridgehead atoms. The van der Waals surface area contributed by atoms with Gasteiger partial charge in [-0.3, -0.25) is 14.9 Å². The largest absolute Gasteiger partial charge is 0.351 e. The van der Waals surface area contributed by atoms with Crippen molar-refractivity contribution in [2.75, 3.05) is 16.9 Å². The van der Waals surface area contributed by atoms with Gasteiger partial charge in [-0.25, -0.2) is 0 Å². The number of nitrogens with one attached hydrogen (secondary N) is 3. The average Bonchev–Trinajstić information content (AvgIpc) is 2.98. The molecule has 6 heteroatoms. The van der Waals surface area contributed by atoms with Gasteiger partial charge in [-0.05, 0) is 23.6 Å². The maximum Gasteiger partial charge on any atom is 0.238 e. The lowest BCUT2D eigenvalue weighted by Gasteiger charge is -2.12. The van der Waals surface area contributed by atoms with Gasteiger partial charge in [0.1, 0.15) is 0 Å². The molecule has 5 nitrogen and oxygen atoms in total. The minimum absolute atomic E-state index is 0.0170. The van der Waals surface area contributed by atoms with Crippen LogP contribution in [0.1, 0.15) is 25.8 Å². The van der Waals surface area contributed by atoms with Gasteiger partial charge in [0.25, 0.3) is 0 Å². The number of carbonyl (C=O) groups is 2. The molecule has 2 rings (SSSR count). The second-order valence-electron chi connectivity index (χ2n) is 5.84. The molecule has 0 aliphatic carbocycles. The minimum Gasteiger partial charge on any atom is -0.351 e. The van der Waals surface area contributed by atoms with Crippen LogP contribution in [-0.2, 0) is 16.1 Å². The number of anilines is 1. The highest BCUT2D eigenvalue weighted by Gasteiger charge is 2.21. The summed E-state index contributed by atoms with van der Waals surface area (Å²) in [7, 11) is 0. The Morgan fingerprint density at radius 2 is 2.23 bits per heavy atom. The third-order valence-corrected chi connectivity index (χ3v) is 4.24. The normalized spacial score (nSPS) is 17.5. The van der Waals surface area contributed by atoms with Gasteiger partial charge in [0, 0.05) is 30.3 Å². The quantitative estimate of drug-likeness (QED) is 0.749. The fraction of sp³-hybridized carbons (Fsp3) is 0.500. The van der Waals surface area contributed by atoms with E-state index >= 15 is 0 Å². The lowest BCUT2D eigenvalue weighted by Crippen LogP contribution is -2.41. The zero-order valence-electron chi connectivity index (χ0n) is 13.0. The summed E-state index contributed by atoms with van der Waals surface area (Å²) < 4.78 is 0. The van der Waals surface area contributed by atoms with E-state index in [-0.39, 0.29) is 17.9 Å². The summed E-state index contributed by atoms with van der Waals surface area (Å²) >= 11 is 1.73. The Kier molecular flexibility index (Phi) is 6.27. The molecular formula is C16H23N3O2S. The minimum atomic E-state index is -0.0982. The van der Waals surface area contributed by atoms with E-state index in [9.17, 15) is 9.59 Å². The van der Waals surface area contributed by atoms with E-state index in [2.05, 4.69) is 16.0 Å². The van der Waals surface area contributed by atoms with E-state index in [1.165, 1.54) is 0 Å². The molecule has 1 aliphatic rings. The summed E-state index contributed by atoms with van der Waals surface area (Å²) in [4.78, 5) is 23.7. The second-order valence-corrected chi connectivity index (χ2v) is 6.87. The Balaban J connectivity index is 1.85. The van der Waals surface area contributed by atoms with Gasteiger partial charge in [0.2, 0.25) is 11.8 Å². The second kappa shape index (κ2) is 8.19. The van der Waals surface area contributed by atoms with Crippen LogP contribution in [0, 0.1) is 5.92 Å². The summed E-state index contributed by atoms with van der Waals surface area (Å²) in [5, 5.41) is 8.96. The number of benzene rings is 1. The molecule has 22 heavy (non-hydrogen) atoms. The molecule has 0 aromatic heterocycles. The smallest absolute Gasteiger partial charge is 0.238 e. The van der Waals surface area contributed by atoms with Crippen molar-refractivity contribution < 1.29 is 9.59 Å². The first-order chi connectivity index (χ1) is 10.5. The third kappa shape index (κ3) is 5.35. The van der Waals surface area contributed by atoms with E-state index < -0.39 is 0 Å². The Hall–Kier alpha value is -1.53. The van der Waals surface area contributed by atoms with Gasteiger partial charge in [-0.2, -0.15) is 0 Å². The molecule has 1 atom stereocenters. The van der Waals surface area contributed by atoms with Crippen molar-refractivity contribution in [3.8, 4) is 0 Å². The lowest BCUT2D eigenvalue weighted by atomic mass is 10.1. The zero-order chi connectivity index (χ0) is 15.9. The molecule has 1 aromatic rings. The predicted molar refractivity (Wildman–Crippen MR) is 90.6 cm³/mol. The SMILES string of the molecule is CC(C)CC(=O)Nc1cccc(CNC(=O)C2CSCN2)c1. The van der Waals surface area contributed by atoms with Crippen molar-refractivity contribution in [1.82, 2.24) is 10.6 Å². The number of rotatable bonds is 6. The van der Waals surface area contributed by atoms with Gasteiger partial charge in [0.05, 0.1) is 6.04 Å². The number of hydrogen-bond donors (Lipinski definition) is 3. The zero-order valence-corrected chi connectivity index (χ0v) is 13.8. The highest BCUT2D eigenvalue weighted by molar-refractivity contribution is 7.99. The Morgan fingerprint density at radius 3 is 2.91 bits per heavy atom. The molecule has 3 N–H and O–H groups in total. The molecular weight excluding hydrogens is 298 g/mol. The number of carbonyl (C=O) groups excluding carboxylic acids is 2. The van der Waals surface area contributed by atoms with E-state index in [4.69, 9.17) is 0 Å². The number of amides is 2. The molecule has 1 saturated heterocycles. The van der Waals surface area contributed by atoms with Crippen LogP contribution in [0.5, 0.6) is 0 Å². The molecule has 0 saturated carbocycles. The maximum absolute atomic E-state index is 11.9. The van der Waals surface area contributed by atoms with E-state index in [1.807, 2.05) is 38.1 Å². The van der Waals surface area contributed by atoms with Crippen molar-refractivity contribution >= 4 is 29.3 Å². The van der Waals surface area contributed by atoms with Crippen LogP contribution in [-0.4, -0.2) is 29.5 Å². The molecule has 0 radical (unpaired) electrons. The van der Waals surface area contributed by atoms with Crippen LogP contribution in [0.25, 0.3) is 0 Å². The topological polar surface area (TPSA) is 70.2 Å². The summed E-state index contributed by atoms with van der Waals surface area (Å²) in [6, 6.07) is 7.48. The standard InChI is InChI=1S/C16H23N3O2S/c1-11(2)6-15(20)19-13-5-3-4-12(7-13)8-17-16(21)14-9-22-10-18-14/h3-5,7,11,14,18H,6,8-10H2,1-2H3,(H,17,21)(H,19,20). The van der Waals surface area contributed by atoms with Crippen LogP contribution >= 0.6 is 11.8 Å². The highest BCUT2D eigenvalue weighted by atomic mass is 32.2. The molecule has 0 spiro atoms. The Morgan fingerprint density at radius 1 is 1.41 bits per heavy atom. The van der Waals surface area contributed by atoms with Crippen molar-refractivity contribution in [1.29, 1.82) is 0 Å². The fourth-order valence-corrected chi connectivity index (χ4v) is 3.16. The first-order valence-corrected chi connectivity index (χ1v) is 8.67. The van der Waals surface area contributed by atoms with Crippen molar-refractivity contribution in [3.63, 3.8) is 0 Å². The molecule has 1 fully saturated rings. The molecule has 1 unspecified atom stereocenters. The predicted octanol–water partition coefficient (Wildman–Crippen LogP) is 1.95. The summed E-state index contributed by atoms with van der Waals surface area (Å²) in [5.41, 5.74) is 1.74. The molecule has 120 valence electrons. The van der Waals surface area contributed by atoms with Gasteiger partial charge in [0.15, 0.2) is 0 Å². The Labute approximate surface area is 135 Å². The molecule has 1 heterocycles. The van der Waals surface area contributed by atoms with Crippen molar-refractivity contribution in [2.24, 2.45) is 5.92 Å². The Bertz CT molecular complexity index is 528. The summed E-state index contributed by atoms with van der Waals surface area (Å²) in [5.74, 6) is 2.02. The fourth-order valence-electron chi connectivity index (χ4n) is 2.22. The summed E-state index contributed by atoms with van der Waals surface area (Å²) in [6.07, 6.45) is 0.506. The van der Waals surface area contributed by atoms with Gasteiger partial charge in [-0.15, -0.1) is 11.8 Å². The van der Waals surface area contributed by atoms with Crippen LogP contribution in [0.4, 0.5) is 5.69 Å². The molecule has 2 amide bonds. The van der Waals surface area contributed by atoms with Crippen LogP contribution in [0.2, 0.25) is 0 Å². The first kappa shape index (κ1) is 16.8. The monoisotopic (exact) mass is 321 g/mol. The van der Waals surface area contributed by atoms with Gasteiger partial charge in [-0.1, -0.05) is 26.0 Å². The molecule has 1 aliphatic heterocycles. The maximum atomic E-state index is 11.9. The van der Waals surface area contributed by atoms with Crippen LogP contribution < -0.4 is 16.0 Å². The van der Waals surface area contributed by atoms with E-state index in [0.717, 1.165) is 22.9 Å². The lowest BCUT2D eigenvalue weighted by molar-refractivity contribution is -0.122. The van der Waals surface area contributed by atoms with Crippen LogP contribution in [0.15, 0.2) is 24.3 Å². The van der Waals surface area contributed by atoms with Crippen molar-refractivity contribution in [3.05, 3.63) is 29.8 Å². The first-order valence-electron chi connectivity index (χ1n) is 7.52. The molecule has 1 aromatic carbocycles. The van der Waals surface area contributed by atoms with Gasteiger partial charge < -0.3 is 10.6 Å². The number of thioether (sulfide) groups is 1. The van der Waals surface area contributed by atoms with Crippen molar-refractivity contribution in [2.45, 2.75) is 32.9 Å². The highest BCUT2D eigenvalue weighted by Crippen LogP contribution is 2.13. The van der Waals surface area contributed by atoms with Gasteiger partial charge >= 0.3 is 0 Å². The third-order valence-electron chi connectivity index (χ3n) is 3.30. The van der Waals surface area contributed by atoms with E-state index in [1.54, 1.807) is 11.8 Å². The summed E-state index contributed by atoms with van der Waals surface area (Å²) in [6.45, 7) is 4.50. The van der Waals surface area contributed by atoms with Crippen LogP contribution in [0.3, 0.4) is 0 Å². The van der Waals surface area contributed by atoms with E-state index in [0.29, 0.717) is 18.9 Å².